The van der Waals surface area contributed by atoms with Gasteiger partial charge in [0.2, 0.25) is 5.91 Å². The second-order valence-electron chi connectivity index (χ2n) is 8.36. The highest BCUT2D eigenvalue weighted by molar-refractivity contribution is 6.12. The Kier molecular flexibility index (Phi) is 9.02. The number of amides is 2. The average Bonchev–Trinajstić information content (AvgIpc) is 2.86. The van der Waals surface area contributed by atoms with Gasteiger partial charge in [0.1, 0.15) is 17.5 Å². The van der Waals surface area contributed by atoms with Crippen LogP contribution in [0.5, 0.6) is 5.75 Å². The highest BCUT2D eigenvalue weighted by atomic mass is 19.4. The summed E-state index contributed by atoms with van der Waals surface area (Å²) in [5.74, 6) is -3.62. The van der Waals surface area contributed by atoms with Crippen molar-refractivity contribution in [3.63, 3.8) is 0 Å². The number of carbonyl (C=O) groups is 3. The zero-order valence-corrected chi connectivity index (χ0v) is 20.5. The van der Waals surface area contributed by atoms with Crippen LogP contribution in [0.3, 0.4) is 0 Å². The Morgan fingerprint density at radius 1 is 0.810 bits per heavy atom. The molecule has 0 bridgehead atoms. The minimum atomic E-state index is -5.32. The quantitative estimate of drug-likeness (QED) is 0.193. The fraction of sp³-hybridized carbons (Fsp3) is 0.200. The summed E-state index contributed by atoms with van der Waals surface area (Å²) in [6, 6.07) is 7.33. The summed E-state index contributed by atoms with van der Waals surface area (Å²) in [6.07, 6.45) is -17.4. The number of ketones is 1. The molecule has 2 amide bonds. The van der Waals surface area contributed by atoms with Crippen LogP contribution in [0.1, 0.15) is 28.0 Å². The first kappa shape index (κ1) is 31.7. The maximum Gasteiger partial charge on any atom is 0.433 e. The molecule has 0 spiro atoms. The predicted octanol–water partition coefficient (Wildman–Crippen LogP) is 5.69. The molecular weight excluding hydrogens is 593 g/mol. The number of rotatable bonds is 8. The normalized spacial score (nSPS) is 12.0. The number of carboxylic acid groups (broad SMARTS) is 1. The van der Waals surface area contributed by atoms with Crippen LogP contribution < -0.4 is 20.5 Å². The second-order valence-corrected chi connectivity index (χ2v) is 8.36. The second kappa shape index (κ2) is 12.0. The van der Waals surface area contributed by atoms with Crippen molar-refractivity contribution in [3.05, 3.63) is 71.5 Å². The standard InChI is InChI=1S/C25H16F9N3O5/c26-23(27,28)11-42-19-9-17(37-22(40)41)16(8-15(19)24(29,30)31)36-21(39)10-18(38)14-3-1-2-12(6-14)13-4-5-35-20(7-13)25(32,33)34/h1-9,37H,10-11H2,(H,36,39)(H,40,41)/p-1. The molecule has 0 fully saturated rings. The Morgan fingerprint density at radius 3 is 2.05 bits per heavy atom. The summed E-state index contributed by atoms with van der Waals surface area (Å²) in [4.78, 5) is 39.5. The maximum absolute atomic E-state index is 13.5. The van der Waals surface area contributed by atoms with E-state index >= 15 is 0 Å². The molecule has 0 aliphatic rings. The highest BCUT2D eigenvalue weighted by Crippen LogP contribution is 2.42. The molecule has 1 aromatic heterocycles. The fourth-order valence-electron chi connectivity index (χ4n) is 3.48. The lowest BCUT2D eigenvalue weighted by atomic mass is 10.00. The number of pyridine rings is 1. The number of Topliss-reactive ketones (excluding diaryl/α,β-unsaturated/α-hetero) is 1. The van der Waals surface area contributed by atoms with Gasteiger partial charge in [-0.2, -0.15) is 39.5 Å². The van der Waals surface area contributed by atoms with Gasteiger partial charge in [-0.3, -0.25) is 14.6 Å². The third-order valence-corrected chi connectivity index (χ3v) is 5.22. The lowest BCUT2D eigenvalue weighted by Crippen LogP contribution is -2.30. The number of nitrogens with one attached hydrogen (secondary N) is 2. The SMILES string of the molecule is O=C([O-])Nc1cc(OCC(F)(F)F)c(C(F)(F)F)cc1NC(=O)CC(=O)c1cccc(-c2ccnc(C(F)(F)F)c2)c1. The molecule has 8 nitrogen and oxygen atoms in total. The van der Waals surface area contributed by atoms with Gasteiger partial charge < -0.3 is 25.3 Å². The van der Waals surface area contributed by atoms with Crippen molar-refractivity contribution in [3.8, 4) is 16.9 Å². The van der Waals surface area contributed by atoms with Crippen molar-refractivity contribution in [1.29, 1.82) is 0 Å². The molecule has 0 unspecified atom stereocenters. The Morgan fingerprint density at radius 2 is 1.45 bits per heavy atom. The van der Waals surface area contributed by atoms with Crippen molar-refractivity contribution >= 4 is 29.2 Å². The average molecular weight is 608 g/mol. The molecule has 3 rings (SSSR count). The molecule has 0 aliphatic carbocycles. The first-order valence-corrected chi connectivity index (χ1v) is 11.2. The molecule has 224 valence electrons. The molecule has 42 heavy (non-hydrogen) atoms. The van der Waals surface area contributed by atoms with E-state index in [1.54, 1.807) is 0 Å². The Balaban J connectivity index is 1.87. The molecule has 0 atom stereocenters. The molecule has 17 heteroatoms. The first-order chi connectivity index (χ1) is 19.3. The summed E-state index contributed by atoms with van der Waals surface area (Å²) in [5, 5.41) is 14.4. The summed E-state index contributed by atoms with van der Waals surface area (Å²) < 4.78 is 121. The Labute approximate surface area is 229 Å². The number of ether oxygens (including phenoxy) is 1. The number of halogens is 9. The van der Waals surface area contributed by atoms with Gasteiger partial charge >= 0.3 is 18.5 Å². The van der Waals surface area contributed by atoms with E-state index in [0.29, 0.717) is 0 Å². The van der Waals surface area contributed by atoms with E-state index in [4.69, 9.17) is 0 Å². The number of hydrogen-bond donors (Lipinski definition) is 2. The maximum atomic E-state index is 13.5. The third kappa shape index (κ3) is 8.58. The Hall–Kier alpha value is -4.83. The van der Waals surface area contributed by atoms with Crippen molar-refractivity contribution in [2.75, 3.05) is 17.2 Å². The van der Waals surface area contributed by atoms with E-state index in [2.05, 4.69) is 9.72 Å². The van der Waals surface area contributed by atoms with Gasteiger partial charge in [0.15, 0.2) is 12.4 Å². The van der Waals surface area contributed by atoms with Gasteiger partial charge in [-0.15, -0.1) is 0 Å². The highest BCUT2D eigenvalue weighted by Gasteiger charge is 2.38. The van der Waals surface area contributed by atoms with Crippen LogP contribution in [0.15, 0.2) is 54.7 Å². The number of hydrogen-bond acceptors (Lipinski definition) is 6. The van der Waals surface area contributed by atoms with Gasteiger partial charge in [-0.05, 0) is 35.4 Å². The largest absolute Gasteiger partial charge is 0.530 e. The zero-order valence-electron chi connectivity index (χ0n) is 20.5. The topological polar surface area (TPSA) is 120 Å². The monoisotopic (exact) mass is 608 g/mol. The molecule has 1 heterocycles. The third-order valence-electron chi connectivity index (χ3n) is 5.22. The van der Waals surface area contributed by atoms with Crippen molar-refractivity contribution < 1.29 is 63.7 Å². The van der Waals surface area contributed by atoms with Crippen molar-refractivity contribution in [1.82, 2.24) is 4.98 Å². The van der Waals surface area contributed by atoms with Gasteiger partial charge in [0, 0.05) is 17.8 Å². The predicted molar refractivity (Wildman–Crippen MR) is 124 cm³/mol. The summed E-state index contributed by atoms with van der Waals surface area (Å²) in [5.41, 5.74) is -4.77. The number of alkyl halides is 9. The van der Waals surface area contributed by atoms with Gasteiger partial charge in [0.05, 0.1) is 23.4 Å². The minimum absolute atomic E-state index is 0.0296. The lowest BCUT2D eigenvalue weighted by molar-refractivity contribution is -0.242. The molecule has 0 aliphatic heterocycles. The smallest absolute Gasteiger partial charge is 0.433 e. The molecule has 3 aromatic rings. The van der Waals surface area contributed by atoms with Gasteiger partial charge in [0.25, 0.3) is 0 Å². The van der Waals surface area contributed by atoms with Crippen molar-refractivity contribution in [2.24, 2.45) is 0 Å². The molecule has 2 N–H and O–H groups in total. The van der Waals surface area contributed by atoms with Gasteiger partial charge in [-0.1, -0.05) is 18.2 Å². The van der Waals surface area contributed by atoms with Crippen molar-refractivity contribution in [2.45, 2.75) is 24.9 Å². The molecule has 0 saturated carbocycles. The van der Waals surface area contributed by atoms with Crippen LogP contribution in [0.4, 0.5) is 55.7 Å². The summed E-state index contributed by atoms with van der Waals surface area (Å²) in [6.45, 7) is -2.16. The van der Waals surface area contributed by atoms with Crippen LogP contribution in [0.25, 0.3) is 11.1 Å². The molecule has 0 radical (unpaired) electrons. The molecule has 2 aromatic carbocycles. The number of nitrogens with zero attached hydrogens (tertiary/aromatic N) is 1. The van der Waals surface area contributed by atoms with Crippen LogP contribution in [0, 0.1) is 0 Å². The van der Waals surface area contributed by atoms with E-state index in [1.807, 2.05) is 5.32 Å². The van der Waals surface area contributed by atoms with Crippen LogP contribution >= 0.6 is 0 Å². The van der Waals surface area contributed by atoms with E-state index in [1.165, 1.54) is 29.6 Å². The van der Waals surface area contributed by atoms with Crippen LogP contribution in [0.2, 0.25) is 0 Å². The summed E-state index contributed by atoms with van der Waals surface area (Å²) in [7, 11) is 0. The van der Waals surface area contributed by atoms with Crippen LogP contribution in [-0.2, 0) is 17.1 Å². The van der Waals surface area contributed by atoms with E-state index in [0.717, 1.165) is 18.3 Å². The number of benzene rings is 2. The van der Waals surface area contributed by atoms with Crippen LogP contribution in [-0.4, -0.2) is 35.6 Å². The molecular formula is C25H15F9N3O5-. The van der Waals surface area contributed by atoms with E-state index < -0.39 is 77.7 Å². The van der Waals surface area contributed by atoms with Gasteiger partial charge in [-0.25, -0.2) is 0 Å². The summed E-state index contributed by atoms with van der Waals surface area (Å²) >= 11 is 0. The number of carbonyl (C=O) groups excluding carboxylic acids is 3. The Bertz CT molecular complexity index is 1500. The fourth-order valence-corrected chi connectivity index (χ4v) is 3.48. The van der Waals surface area contributed by atoms with E-state index in [-0.39, 0.29) is 28.8 Å². The number of aromatic nitrogens is 1. The number of anilines is 2. The first-order valence-electron chi connectivity index (χ1n) is 11.2. The van der Waals surface area contributed by atoms with E-state index in [9.17, 15) is 59.0 Å². The lowest BCUT2D eigenvalue weighted by Gasteiger charge is -2.20. The minimum Gasteiger partial charge on any atom is -0.530 e. The zero-order chi connectivity index (χ0) is 31.5. The molecule has 0 saturated heterocycles.